The van der Waals surface area contributed by atoms with Crippen molar-refractivity contribution >= 4 is 17.5 Å². The number of ether oxygens (including phenoxy) is 1. The molecule has 2 aromatic rings. The van der Waals surface area contributed by atoms with Crippen molar-refractivity contribution in [2.24, 2.45) is 11.8 Å². The minimum absolute atomic E-state index is 0.00831. The topological polar surface area (TPSA) is 87.7 Å². The van der Waals surface area contributed by atoms with Crippen molar-refractivity contribution < 1.29 is 23.8 Å². The van der Waals surface area contributed by atoms with E-state index in [9.17, 15) is 19.1 Å². The maximum atomic E-state index is 12.8. The van der Waals surface area contributed by atoms with Gasteiger partial charge in [-0.2, -0.15) is 0 Å². The Kier molecular flexibility index (Phi) is 6.26. The fraction of sp³-hybridized carbons (Fsp3) is 0.333. The van der Waals surface area contributed by atoms with Crippen molar-refractivity contribution in [2.45, 2.75) is 19.4 Å². The first-order chi connectivity index (χ1) is 13.4. The molecule has 0 aromatic heterocycles. The Hall–Kier alpha value is -2.93. The second-order valence-corrected chi connectivity index (χ2v) is 7.01. The highest BCUT2D eigenvalue weighted by atomic mass is 19.1. The Balaban J connectivity index is 1.41. The second-order valence-electron chi connectivity index (χ2n) is 7.01. The van der Waals surface area contributed by atoms with Gasteiger partial charge in [0.15, 0.2) is 0 Å². The number of carbonyl (C=O) groups excluding carboxylic acids is 2. The normalized spacial score (nSPS) is 18.8. The van der Waals surface area contributed by atoms with Crippen molar-refractivity contribution in [3.63, 3.8) is 0 Å². The van der Waals surface area contributed by atoms with E-state index in [-0.39, 0.29) is 36.7 Å². The molecular formula is C21H23FN2O4. The van der Waals surface area contributed by atoms with Gasteiger partial charge in [0.2, 0.25) is 5.91 Å². The third kappa shape index (κ3) is 5.53. The smallest absolute Gasteiger partial charge is 0.251 e. The van der Waals surface area contributed by atoms with Gasteiger partial charge < -0.3 is 20.5 Å². The van der Waals surface area contributed by atoms with E-state index in [0.29, 0.717) is 22.9 Å². The molecule has 2 aromatic carbocycles. The maximum absolute atomic E-state index is 12.8. The summed E-state index contributed by atoms with van der Waals surface area (Å²) in [5.41, 5.74) is 1.07. The standard InChI is InChI=1S/C21H23FN2O4/c1-13-10-19(13)21(27)24-16-6-2-14(3-7-16)20(26)23-11-17(25)12-28-18-8-4-15(22)5-9-18/h2-9,13,17,19,25H,10-12H2,1H3,(H,23,26)(H,24,27). The van der Waals surface area contributed by atoms with Crippen LogP contribution in [0.1, 0.15) is 23.7 Å². The molecule has 1 saturated carbocycles. The number of hydrogen-bond donors (Lipinski definition) is 3. The molecule has 3 rings (SSSR count). The predicted molar refractivity (Wildman–Crippen MR) is 103 cm³/mol. The van der Waals surface area contributed by atoms with E-state index in [4.69, 9.17) is 4.74 Å². The van der Waals surface area contributed by atoms with E-state index in [1.807, 2.05) is 6.92 Å². The summed E-state index contributed by atoms with van der Waals surface area (Å²) in [7, 11) is 0. The molecule has 7 heteroatoms. The number of hydrogen-bond acceptors (Lipinski definition) is 4. The molecule has 0 radical (unpaired) electrons. The van der Waals surface area contributed by atoms with E-state index < -0.39 is 6.10 Å². The lowest BCUT2D eigenvalue weighted by molar-refractivity contribution is -0.117. The van der Waals surface area contributed by atoms with Crippen LogP contribution in [-0.4, -0.2) is 36.2 Å². The number of nitrogens with one attached hydrogen (secondary N) is 2. The van der Waals surface area contributed by atoms with Crippen LogP contribution < -0.4 is 15.4 Å². The summed E-state index contributed by atoms with van der Waals surface area (Å²) in [6.07, 6.45) is 0.00702. The lowest BCUT2D eigenvalue weighted by atomic mass is 10.2. The van der Waals surface area contributed by atoms with Gasteiger partial charge in [0.05, 0.1) is 0 Å². The zero-order valence-corrected chi connectivity index (χ0v) is 15.5. The summed E-state index contributed by atoms with van der Waals surface area (Å²) in [5.74, 6) is 0.256. The summed E-state index contributed by atoms with van der Waals surface area (Å²) in [4.78, 5) is 24.1. The van der Waals surface area contributed by atoms with Crippen LogP contribution >= 0.6 is 0 Å². The number of carbonyl (C=O) groups is 2. The van der Waals surface area contributed by atoms with Crippen LogP contribution in [0.15, 0.2) is 48.5 Å². The lowest BCUT2D eigenvalue weighted by Gasteiger charge is -2.13. The minimum atomic E-state index is -0.909. The zero-order chi connectivity index (χ0) is 20.1. The van der Waals surface area contributed by atoms with Crippen LogP contribution in [0.2, 0.25) is 0 Å². The summed E-state index contributed by atoms with van der Waals surface area (Å²) in [6, 6.07) is 12.0. The fourth-order valence-electron chi connectivity index (χ4n) is 2.72. The summed E-state index contributed by atoms with van der Waals surface area (Å²) < 4.78 is 18.2. The van der Waals surface area contributed by atoms with Gasteiger partial charge in [-0.05, 0) is 60.9 Å². The van der Waals surface area contributed by atoms with Gasteiger partial charge in [0.25, 0.3) is 5.91 Å². The minimum Gasteiger partial charge on any atom is -0.491 e. The second kappa shape index (κ2) is 8.84. The Morgan fingerprint density at radius 3 is 2.43 bits per heavy atom. The van der Waals surface area contributed by atoms with Crippen LogP contribution in [0, 0.1) is 17.7 Å². The largest absolute Gasteiger partial charge is 0.491 e. The van der Waals surface area contributed by atoms with E-state index in [1.54, 1.807) is 24.3 Å². The van der Waals surface area contributed by atoms with Crippen LogP contribution in [0.4, 0.5) is 10.1 Å². The van der Waals surface area contributed by atoms with Gasteiger partial charge in [-0.1, -0.05) is 6.92 Å². The molecule has 1 aliphatic rings. The molecule has 3 atom stereocenters. The molecular weight excluding hydrogens is 363 g/mol. The molecule has 148 valence electrons. The van der Waals surface area contributed by atoms with Gasteiger partial charge in [-0.15, -0.1) is 0 Å². The third-order valence-corrected chi connectivity index (χ3v) is 4.62. The molecule has 3 unspecified atom stereocenters. The SMILES string of the molecule is CC1CC1C(=O)Nc1ccc(C(=O)NCC(O)COc2ccc(F)cc2)cc1. The Bertz CT molecular complexity index is 823. The van der Waals surface area contributed by atoms with Gasteiger partial charge >= 0.3 is 0 Å². The maximum Gasteiger partial charge on any atom is 0.251 e. The van der Waals surface area contributed by atoms with Crippen molar-refractivity contribution in [1.82, 2.24) is 5.32 Å². The number of rotatable bonds is 8. The number of benzene rings is 2. The van der Waals surface area contributed by atoms with Crippen LogP contribution in [0.5, 0.6) is 5.75 Å². The number of aliphatic hydroxyl groups excluding tert-OH is 1. The Morgan fingerprint density at radius 1 is 1.18 bits per heavy atom. The molecule has 28 heavy (non-hydrogen) atoms. The Labute approximate surface area is 162 Å². The Morgan fingerprint density at radius 2 is 1.82 bits per heavy atom. The van der Waals surface area contributed by atoms with Crippen molar-refractivity contribution in [2.75, 3.05) is 18.5 Å². The molecule has 3 N–H and O–H groups in total. The van der Waals surface area contributed by atoms with E-state index in [2.05, 4.69) is 10.6 Å². The highest BCUT2D eigenvalue weighted by Gasteiger charge is 2.39. The number of anilines is 1. The van der Waals surface area contributed by atoms with Crippen molar-refractivity contribution in [1.29, 1.82) is 0 Å². The van der Waals surface area contributed by atoms with Crippen LogP contribution in [0.25, 0.3) is 0 Å². The van der Waals surface area contributed by atoms with Gasteiger partial charge in [0, 0.05) is 23.7 Å². The van der Waals surface area contributed by atoms with Crippen molar-refractivity contribution in [3.05, 3.63) is 59.9 Å². The first-order valence-corrected chi connectivity index (χ1v) is 9.18. The first kappa shape index (κ1) is 19.8. The average molecular weight is 386 g/mol. The molecule has 2 amide bonds. The monoisotopic (exact) mass is 386 g/mol. The molecule has 0 spiro atoms. The predicted octanol–water partition coefficient (Wildman–Crippen LogP) is 2.59. The molecule has 0 bridgehead atoms. The van der Waals surface area contributed by atoms with Gasteiger partial charge in [-0.3, -0.25) is 9.59 Å². The van der Waals surface area contributed by atoms with E-state index in [0.717, 1.165) is 6.42 Å². The highest BCUT2D eigenvalue weighted by molar-refractivity contribution is 5.96. The van der Waals surface area contributed by atoms with Crippen LogP contribution in [-0.2, 0) is 4.79 Å². The fourth-order valence-corrected chi connectivity index (χ4v) is 2.72. The molecule has 1 aliphatic carbocycles. The number of aliphatic hydroxyl groups is 1. The van der Waals surface area contributed by atoms with E-state index >= 15 is 0 Å². The molecule has 6 nitrogen and oxygen atoms in total. The first-order valence-electron chi connectivity index (χ1n) is 9.18. The third-order valence-electron chi connectivity index (χ3n) is 4.62. The summed E-state index contributed by atoms with van der Waals surface area (Å²) in [5, 5.41) is 15.4. The summed E-state index contributed by atoms with van der Waals surface area (Å²) in [6.45, 7) is 2.02. The average Bonchev–Trinajstić information content (AvgIpc) is 3.43. The molecule has 0 aliphatic heterocycles. The zero-order valence-electron chi connectivity index (χ0n) is 15.5. The van der Waals surface area contributed by atoms with Crippen molar-refractivity contribution in [3.8, 4) is 5.75 Å². The quantitative estimate of drug-likeness (QED) is 0.651. The number of halogens is 1. The van der Waals surface area contributed by atoms with E-state index in [1.165, 1.54) is 24.3 Å². The highest BCUT2D eigenvalue weighted by Crippen LogP contribution is 2.38. The van der Waals surface area contributed by atoms with Crippen LogP contribution in [0.3, 0.4) is 0 Å². The molecule has 1 fully saturated rings. The van der Waals surface area contributed by atoms with Gasteiger partial charge in [0.1, 0.15) is 24.3 Å². The number of amides is 2. The molecule has 0 saturated heterocycles. The molecule has 0 heterocycles. The lowest BCUT2D eigenvalue weighted by Crippen LogP contribution is -2.35. The van der Waals surface area contributed by atoms with Gasteiger partial charge in [-0.25, -0.2) is 4.39 Å². The summed E-state index contributed by atoms with van der Waals surface area (Å²) >= 11 is 0.